The van der Waals surface area contributed by atoms with Gasteiger partial charge in [0.15, 0.2) is 0 Å². The minimum atomic E-state index is -1.18. The topological polar surface area (TPSA) is 50.1 Å². The van der Waals surface area contributed by atoms with Crippen molar-refractivity contribution in [3.63, 3.8) is 0 Å². The Labute approximate surface area is 92.9 Å². The van der Waals surface area contributed by atoms with E-state index in [1.165, 1.54) is 6.29 Å². The Morgan fingerprint density at radius 2 is 1.88 bits per heavy atom. The highest BCUT2D eigenvalue weighted by Gasteiger charge is 2.10. The molecule has 0 aromatic heterocycles. The van der Waals surface area contributed by atoms with Crippen molar-refractivity contribution < 1.29 is 9.53 Å². The van der Waals surface area contributed by atoms with Crippen LogP contribution in [-0.4, -0.2) is 12.4 Å². The van der Waals surface area contributed by atoms with Gasteiger partial charge in [0.05, 0.1) is 0 Å². The minimum Gasteiger partial charge on any atom is -0.466 e. The number of rotatable bonds is 3. The van der Waals surface area contributed by atoms with Gasteiger partial charge in [-0.3, -0.25) is 4.79 Å². The molecular formula is C13H8NO2. The smallest absolute Gasteiger partial charge is 0.258 e. The molecule has 0 aliphatic rings. The first kappa shape index (κ1) is 10.2. The maximum atomic E-state index is 10.4. The summed E-state index contributed by atoms with van der Waals surface area (Å²) in [5.74, 6) is 0.521. The van der Waals surface area contributed by atoms with Crippen molar-refractivity contribution in [2.24, 2.45) is 0 Å². The first-order chi connectivity index (χ1) is 7.85. The number of benzene rings is 2. The molecule has 16 heavy (non-hydrogen) atoms. The molecule has 0 saturated carbocycles. The molecule has 0 spiro atoms. The summed E-state index contributed by atoms with van der Waals surface area (Å²) in [5, 5.41) is 10.5. The predicted molar refractivity (Wildman–Crippen MR) is 59.7 cm³/mol. The van der Waals surface area contributed by atoms with E-state index in [1.807, 2.05) is 36.4 Å². The number of ether oxygens (including phenoxy) is 1. The van der Waals surface area contributed by atoms with Gasteiger partial charge in [-0.05, 0) is 11.5 Å². The van der Waals surface area contributed by atoms with Gasteiger partial charge < -0.3 is 4.74 Å². The number of carbonyl (C=O) groups excluding carboxylic acids is 1. The van der Waals surface area contributed by atoms with E-state index < -0.39 is 6.10 Å². The van der Waals surface area contributed by atoms with E-state index in [2.05, 4.69) is 0 Å². The third-order valence-electron chi connectivity index (χ3n) is 2.22. The lowest BCUT2D eigenvalue weighted by atomic mass is 10.1. The Hall–Kier alpha value is -2.34. The second-order valence-corrected chi connectivity index (χ2v) is 3.22. The zero-order valence-electron chi connectivity index (χ0n) is 8.38. The second-order valence-electron chi connectivity index (χ2n) is 3.22. The van der Waals surface area contributed by atoms with E-state index in [1.54, 1.807) is 12.1 Å². The van der Waals surface area contributed by atoms with Crippen LogP contribution in [0.3, 0.4) is 0 Å². The summed E-state index contributed by atoms with van der Waals surface area (Å²) < 4.78 is 5.24. The van der Waals surface area contributed by atoms with Gasteiger partial charge in [-0.25, -0.2) is 0 Å². The molecule has 0 fully saturated rings. The average Bonchev–Trinajstić information content (AvgIpc) is 2.36. The third-order valence-corrected chi connectivity index (χ3v) is 2.22. The maximum absolute atomic E-state index is 10.4. The summed E-state index contributed by atoms with van der Waals surface area (Å²) in [6.07, 6.45) is 0.356. The number of hydrogen-bond donors (Lipinski definition) is 0. The zero-order valence-corrected chi connectivity index (χ0v) is 8.38. The summed E-state index contributed by atoms with van der Waals surface area (Å²) in [4.78, 5) is 10.4. The molecule has 0 N–H and O–H groups in total. The quantitative estimate of drug-likeness (QED) is 0.780. The summed E-state index contributed by atoms with van der Waals surface area (Å²) in [6, 6.07) is 14.8. The van der Waals surface area contributed by atoms with Crippen molar-refractivity contribution >= 4 is 17.1 Å². The molecule has 0 saturated heterocycles. The van der Waals surface area contributed by atoms with E-state index in [-0.39, 0.29) is 0 Å². The average molecular weight is 210 g/mol. The van der Waals surface area contributed by atoms with Crippen molar-refractivity contribution in [2.45, 2.75) is 6.10 Å². The lowest BCUT2D eigenvalue weighted by Gasteiger charge is -2.08. The molecule has 3 heteroatoms. The van der Waals surface area contributed by atoms with Crippen LogP contribution in [0.25, 0.3) is 10.8 Å². The van der Waals surface area contributed by atoms with Gasteiger partial charge in [-0.15, -0.1) is 0 Å². The van der Waals surface area contributed by atoms with Gasteiger partial charge in [0.1, 0.15) is 11.8 Å². The number of nitrogens with zero attached hydrogens (tertiary/aromatic N) is 1. The first-order valence-corrected chi connectivity index (χ1v) is 4.77. The molecule has 0 aliphatic heterocycles. The van der Waals surface area contributed by atoms with Crippen LogP contribution in [0.2, 0.25) is 0 Å². The molecule has 0 bridgehead atoms. The number of nitriles is 1. The van der Waals surface area contributed by atoms with Crippen molar-refractivity contribution in [1.82, 2.24) is 0 Å². The molecule has 1 radical (unpaired) electrons. The van der Waals surface area contributed by atoms with Gasteiger partial charge in [0, 0.05) is 5.39 Å². The van der Waals surface area contributed by atoms with E-state index >= 15 is 0 Å². The highest BCUT2D eigenvalue weighted by Crippen LogP contribution is 2.25. The van der Waals surface area contributed by atoms with Gasteiger partial charge >= 0.3 is 0 Å². The molecule has 3 nitrogen and oxygen atoms in total. The van der Waals surface area contributed by atoms with E-state index in [4.69, 9.17) is 10.00 Å². The largest absolute Gasteiger partial charge is 0.466 e. The molecule has 0 heterocycles. The molecular weight excluding hydrogens is 202 g/mol. The standard InChI is InChI=1S/C13H8NO2/c14-8-11(9-15)16-13-7-3-5-10-4-1-2-6-12(10)13/h1-7,11H. The van der Waals surface area contributed by atoms with Crippen LogP contribution in [0.4, 0.5) is 0 Å². The summed E-state index contributed by atoms with van der Waals surface area (Å²) >= 11 is 0. The molecule has 1 unspecified atom stereocenters. The van der Waals surface area contributed by atoms with Crippen molar-refractivity contribution in [3.8, 4) is 11.8 Å². The van der Waals surface area contributed by atoms with Gasteiger partial charge in [-0.1, -0.05) is 36.4 Å². The third kappa shape index (κ3) is 1.86. The van der Waals surface area contributed by atoms with Gasteiger partial charge in [0.2, 0.25) is 6.10 Å². The van der Waals surface area contributed by atoms with Crippen LogP contribution in [0.5, 0.6) is 5.75 Å². The lowest BCUT2D eigenvalue weighted by molar-refractivity contribution is 0.313. The maximum Gasteiger partial charge on any atom is 0.258 e. The molecule has 77 valence electrons. The van der Waals surface area contributed by atoms with Crippen LogP contribution in [0.1, 0.15) is 0 Å². The molecule has 2 aromatic rings. The van der Waals surface area contributed by atoms with Crippen molar-refractivity contribution in [1.29, 1.82) is 5.26 Å². The molecule has 2 rings (SSSR count). The van der Waals surface area contributed by atoms with E-state index in [9.17, 15) is 4.79 Å². The van der Waals surface area contributed by atoms with Crippen LogP contribution >= 0.6 is 0 Å². The van der Waals surface area contributed by atoms with Crippen LogP contribution in [0, 0.1) is 11.3 Å². The number of hydrogen-bond acceptors (Lipinski definition) is 3. The van der Waals surface area contributed by atoms with Gasteiger partial charge in [0.25, 0.3) is 6.29 Å². The normalized spacial score (nSPS) is 11.7. The molecule has 0 aliphatic carbocycles. The molecule has 1 atom stereocenters. The fraction of sp³-hybridized carbons (Fsp3) is 0.0769. The van der Waals surface area contributed by atoms with Gasteiger partial charge in [-0.2, -0.15) is 5.26 Å². The van der Waals surface area contributed by atoms with Crippen LogP contribution < -0.4 is 4.74 Å². The fourth-order valence-corrected chi connectivity index (χ4v) is 1.50. The fourth-order valence-electron chi connectivity index (χ4n) is 1.50. The van der Waals surface area contributed by atoms with Crippen molar-refractivity contribution in [3.05, 3.63) is 42.5 Å². The Morgan fingerprint density at radius 3 is 2.62 bits per heavy atom. The minimum absolute atomic E-state index is 0.521. The first-order valence-electron chi connectivity index (χ1n) is 4.77. The van der Waals surface area contributed by atoms with E-state index in [0.29, 0.717) is 5.75 Å². The Morgan fingerprint density at radius 1 is 1.12 bits per heavy atom. The van der Waals surface area contributed by atoms with E-state index in [0.717, 1.165) is 10.8 Å². The predicted octanol–water partition coefficient (Wildman–Crippen LogP) is 2.22. The molecule has 2 aromatic carbocycles. The summed E-state index contributed by atoms with van der Waals surface area (Å²) in [7, 11) is 0. The van der Waals surface area contributed by atoms with Crippen molar-refractivity contribution in [2.75, 3.05) is 0 Å². The van der Waals surface area contributed by atoms with Crippen LogP contribution in [0.15, 0.2) is 42.5 Å². The summed E-state index contributed by atoms with van der Waals surface area (Å²) in [5.41, 5.74) is 0. The molecule has 0 amide bonds. The Kier molecular flexibility index (Phi) is 2.84. The highest BCUT2D eigenvalue weighted by molar-refractivity contribution is 5.88. The second kappa shape index (κ2) is 4.45. The Balaban J connectivity index is 2.45. The SMILES string of the molecule is N#CC([C]=O)Oc1cccc2ccccc12. The highest BCUT2D eigenvalue weighted by atomic mass is 16.5. The summed E-state index contributed by atoms with van der Waals surface area (Å²) in [6.45, 7) is 0. The van der Waals surface area contributed by atoms with Crippen LogP contribution in [-0.2, 0) is 4.79 Å². The zero-order chi connectivity index (χ0) is 11.4. The lowest BCUT2D eigenvalue weighted by Crippen LogP contribution is -2.15. The number of fused-ring (bicyclic) bond motifs is 1. The Bertz CT molecular complexity index is 552. The monoisotopic (exact) mass is 210 g/mol.